The third-order valence-corrected chi connectivity index (χ3v) is 3.27. The van der Waals surface area contributed by atoms with E-state index in [0.29, 0.717) is 11.8 Å². The van der Waals surface area contributed by atoms with Gasteiger partial charge < -0.3 is 15.0 Å². The molecule has 0 radical (unpaired) electrons. The number of rotatable bonds is 2. The number of ether oxygens (including phenoxy) is 1. The van der Waals surface area contributed by atoms with Crippen molar-refractivity contribution >= 4 is 11.2 Å². The van der Waals surface area contributed by atoms with E-state index in [9.17, 15) is 0 Å². The van der Waals surface area contributed by atoms with Crippen LogP contribution in [0.4, 0.5) is 0 Å². The summed E-state index contributed by atoms with van der Waals surface area (Å²) in [7, 11) is 1.62. The Kier molecular flexibility index (Phi) is 2.68. The Balaban J connectivity index is 1.95. The summed E-state index contributed by atoms with van der Waals surface area (Å²) in [5.74, 6) is 2.19. The van der Waals surface area contributed by atoms with Crippen LogP contribution in [-0.4, -0.2) is 35.2 Å². The van der Waals surface area contributed by atoms with Gasteiger partial charge in [-0.2, -0.15) is 4.98 Å². The van der Waals surface area contributed by atoms with E-state index in [-0.39, 0.29) is 0 Å². The van der Waals surface area contributed by atoms with Crippen LogP contribution in [0.25, 0.3) is 11.2 Å². The number of methoxy groups -OCH3 is 1. The first-order valence-electron chi connectivity index (χ1n) is 5.98. The summed E-state index contributed by atoms with van der Waals surface area (Å²) in [6, 6.07) is 3.82. The third-order valence-electron chi connectivity index (χ3n) is 3.27. The van der Waals surface area contributed by atoms with Crippen LogP contribution >= 0.6 is 0 Å². The predicted molar refractivity (Wildman–Crippen MR) is 65.3 cm³/mol. The SMILES string of the molecule is COc1ccc2[nH]c(C3CCNCC3)nc2n1. The molecule has 0 spiro atoms. The summed E-state index contributed by atoms with van der Waals surface area (Å²) in [6.45, 7) is 2.14. The smallest absolute Gasteiger partial charge is 0.215 e. The minimum absolute atomic E-state index is 0.524. The van der Waals surface area contributed by atoms with E-state index in [1.165, 1.54) is 0 Å². The molecule has 0 atom stereocenters. The molecule has 17 heavy (non-hydrogen) atoms. The van der Waals surface area contributed by atoms with Crippen molar-refractivity contribution in [3.05, 3.63) is 18.0 Å². The van der Waals surface area contributed by atoms with Gasteiger partial charge in [0, 0.05) is 12.0 Å². The molecule has 0 saturated carbocycles. The summed E-state index contributed by atoms with van der Waals surface area (Å²) in [5, 5.41) is 3.36. The van der Waals surface area contributed by atoms with Crippen molar-refractivity contribution in [2.75, 3.05) is 20.2 Å². The number of nitrogens with one attached hydrogen (secondary N) is 2. The topological polar surface area (TPSA) is 62.8 Å². The summed E-state index contributed by atoms with van der Waals surface area (Å²) in [6.07, 6.45) is 2.27. The number of hydrogen-bond acceptors (Lipinski definition) is 4. The number of hydrogen-bond donors (Lipinski definition) is 2. The molecule has 90 valence electrons. The second-order valence-electron chi connectivity index (χ2n) is 4.37. The molecule has 0 bridgehead atoms. The summed E-state index contributed by atoms with van der Waals surface area (Å²) < 4.78 is 5.10. The van der Waals surface area contributed by atoms with E-state index in [0.717, 1.165) is 42.9 Å². The molecule has 5 nitrogen and oxygen atoms in total. The maximum absolute atomic E-state index is 5.10. The monoisotopic (exact) mass is 232 g/mol. The largest absolute Gasteiger partial charge is 0.481 e. The van der Waals surface area contributed by atoms with Crippen molar-refractivity contribution in [3.8, 4) is 5.88 Å². The van der Waals surface area contributed by atoms with Gasteiger partial charge >= 0.3 is 0 Å². The van der Waals surface area contributed by atoms with Crippen LogP contribution in [0.3, 0.4) is 0 Å². The van der Waals surface area contributed by atoms with E-state index in [4.69, 9.17) is 4.74 Å². The van der Waals surface area contributed by atoms with Gasteiger partial charge in [-0.25, -0.2) is 4.98 Å². The van der Waals surface area contributed by atoms with Gasteiger partial charge in [-0.3, -0.25) is 0 Å². The van der Waals surface area contributed by atoms with Gasteiger partial charge in [0.2, 0.25) is 5.88 Å². The molecule has 1 saturated heterocycles. The number of aromatic amines is 1. The Morgan fingerprint density at radius 3 is 2.82 bits per heavy atom. The molecule has 0 aromatic carbocycles. The molecule has 1 aliphatic heterocycles. The number of aromatic nitrogens is 3. The predicted octanol–water partition coefficient (Wildman–Crippen LogP) is 1.43. The number of fused-ring (bicyclic) bond motifs is 1. The van der Waals surface area contributed by atoms with E-state index < -0.39 is 0 Å². The first kappa shape index (κ1) is 10.5. The first-order chi connectivity index (χ1) is 8.36. The molecular formula is C12H16N4O. The average Bonchev–Trinajstić information content (AvgIpc) is 2.82. The lowest BCUT2D eigenvalue weighted by Crippen LogP contribution is -2.27. The van der Waals surface area contributed by atoms with Crippen LogP contribution in [0, 0.1) is 0 Å². The molecule has 0 amide bonds. The van der Waals surface area contributed by atoms with Crippen molar-refractivity contribution in [1.29, 1.82) is 0 Å². The number of H-pyrrole nitrogens is 1. The van der Waals surface area contributed by atoms with Crippen molar-refractivity contribution in [2.24, 2.45) is 0 Å². The van der Waals surface area contributed by atoms with Gasteiger partial charge in [0.15, 0.2) is 5.65 Å². The van der Waals surface area contributed by atoms with Crippen molar-refractivity contribution in [3.63, 3.8) is 0 Å². The number of piperidine rings is 1. The second kappa shape index (κ2) is 4.33. The summed E-state index contributed by atoms with van der Waals surface area (Å²) in [5.41, 5.74) is 1.73. The zero-order chi connectivity index (χ0) is 11.7. The van der Waals surface area contributed by atoms with Crippen molar-refractivity contribution < 1.29 is 4.74 Å². The molecule has 2 aromatic rings. The lowest BCUT2D eigenvalue weighted by molar-refractivity contribution is 0.399. The number of imidazole rings is 1. The fraction of sp³-hybridized carbons (Fsp3) is 0.500. The highest BCUT2D eigenvalue weighted by Gasteiger charge is 2.18. The van der Waals surface area contributed by atoms with Gasteiger partial charge in [0.25, 0.3) is 0 Å². The zero-order valence-corrected chi connectivity index (χ0v) is 9.86. The van der Waals surface area contributed by atoms with Crippen LogP contribution in [-0.2, 0) is 0 Å². The third kappa shape index (κ3) is 1.98. The Hall–Kier alpha value is -1.62. The zero-order valence-electron chi connectivity index (χ0n) is 9.86. The quantitative estimate of drug-likeness (QED) is 0.822. The number of nitrogens with zero attached hydrogens (tertiary/aromatic N) is 2. The Morgan fingerprint density at radius 1 is 1.24 bits per heavy atom. The molecular weight excluding hydrogens is 216 g/mol. The molecule has 1 fully saturated rings. The van der Waals surface area contributed by atoms with Crippen LogP contribution in [0.1, 0.15) is 24.6 Å². The van der Waals surface area contributed by atoms with Crippen LogP contribution in [0.2, 0.25) is 0 Å². The standard InChI is InChI=1S/C12H16N4O/c1-17-10-3-2-9-12(15-10)16-11(14-9)8-4-6-13-7-5-8/h2-3,8,13H,4-7H2,1H3,(H,14,15,16). The molecule has 0 unspecified atom stereocenters. The van der Waals surface area contributed by atoms with Gasteiger partial charge in [-0.05, 0) is 32.0 Å². The summed E-state index contributed by atoms with van der Waals surface area (Å²) >= 11 is 0. The van der Waals surface area contributed by atoms with Crippen molar-refractivity contribution in [1.82, 2.24) is 20.3 Å². The first-order valence-corrected chi connectivity index (χ1v) is 5.98. The van der Waals surface area contributed by atoms with E-state index >= 15 is 0 Å². The van der Waals surface area contributed by atoms with Gasteiger partial charge in [0.05, 0.1) is 12.6 Å². The normalized spacial score (nSPS) is 17.5. The van der Waals surface area contributed by atoms with E-state index in [2.05, 4.69) is 20.3 Å². The highest BCUT2D eigenvalue weighted by molar-refractivity contribution is 5.71. The maximum Gasteiger partial charge on any atom is 0.215 e. The highest BCUT2D eigenvalue weighted by atomic mass is 16.5. The number of pyridine rings is 1. The Bertz CT molecular complexity index is 516. The fourth-order valence-corrected chi connectivity index (χ4v) is 2.30. The lowest BCUT2D eigenvalue weighted by atomic mass is 9.98. The summed E-state index contributed by atoms with van der Waals surface area (Å²) in [4.78, 5) is 12.3. The molecule has 5 heteroatoms. The van der Waals surface area contributed by atoms with E-state index in [1.807, 2.05) is 12.1 Å². The van der Waals surface area contributed by atoms with Gasteiger partial charge in [-0.15, -0.1) is 0 Å². The minimum atomic E-state index is 0.524. The molecule has 2 N–H and O–H groups in total. The van der Waals surface area contributed by atoms with Crippen LogP contribution < -0.4 is 10.1 Å². The molecule has 0 aliphatic carbocycles. The van der Waals surface area contributed by atoms with E-state index in [1.54, 1.807) is 7.11 Å². The highest BCUT2D eigenvalue weighted by Crippen LogP contribution is 2.25. The molecule has 1 aliphatic rings. The second-order valence-corrected chi connectivity index (χ2v) is 4.37. The molecule has 3 heterocycles. The van der Waals surface area contributed by atoms with Crippen LogP contribution in [0.15, 0.2) is 12.1 Å². The Labute approximate surface area is 99.6 Å². The molecule has 3 rings (SSSR count). The van der Waals surface area contributed by atoms with Gasteiger partial charge in [0.1, 0.15) is 5.82 Å². The van der Waals surface area contributed by atoms with Gasteiger partial charge in [-0.1, -0.05) is 0 Å². The van der Waals surface area contributed by atoms with Crippen LogP contribution in [0.5, 0.6) is 5.88 Å². The van der Waals surface area contributed by atoms with Crippen molar-refractivity contribution in [2.45, 2.75) is 18.8 Å². The maximum atomic E-state index is 5.10. The fourth-order valence-electron chi connectivity index (χ4n) is 2.30. The average molecular weight is 232 g/mol. The Morgan fingerprint density at radius 2 is 2.06 bits per heavy atom. The lowest BCUT2D eigenvalue weighted by Gasteiger charge is -2.20. The molecule has 2 aromatic heterocycles. The minimum Gasteiger partial charge on any atom is -0.481 e.